The fourth-order valence-electron chi connectivity index (χ4n) is 4.82. The second kappa shape index (κ2) is 10.9. The average Bonchev–Trinajstić information content (AvgIpc) is 3.38. The summed E-state index contributed by atoms with van der Waals surface area (Å²) in [6, 6.07) is 17.8. The van der Waals surface area contributed by atoms with Crippen molar-refractivity contribution in [2.24, 2.45) is 0 Å². The van der Waals surface area contributed by atoms with Gasteiger partial charge in [0.2, 0.25) is 0 Å². The monoisotopic (exact) mass is 491 g/mol. The van der Waals surface area contributed by atoms with Crippen molar-refractivity contribution in [1.82, 2.24) is 14.7 Å². The molecular formula is C26H29N5O5. The van der Waals surface area contributed by atoms with Crippen LogP contribution < -0.4 is 4.90 Å². The van der Waals surface area contributed by atoms with Gasteiger partial charge in [-0.2, -0.15) is 5.10 Å². The first-order chi connectivity index (χ1) is 17.6. The van der Waals surface area contributed by atoms with E-state index >= 15 is 0 Å². The molecule has 0 aliphatic carbocycles. The molecule has 10 nitrogen and oxygen atoms in total. The predicted molar refractivity (Wildman–Crippen MR) is 133 cm³/mol. The number of nitro benzene ring substituents is 1. The molecule has 1 unspecified atom stereocenters. The Bertz CT molecular complexity index is 1180. The lowest BCUT2D eigenvalue weighted by Crippen LogP contribution is -2.59. The number of esters is 1. The number of non-ortho nitro benzene ring substituents is 1. The third-order valence-electron chi connectivity index (χ3n) is 6.75. The molecule has 1 aromatic heterocycles. The van der Waals surface area contributed by atoms with Gasteiger partial charge in [0.25, 0.3) is 5.69 Å². The first kappa shape index (κ1) is 24.0. The van der Waals surface area contributed by atoms with Gasteiger partial charge >= 0.3 is 5.97 Å². The van der Waals surface area contributed by atoms with Gasteiger partial charge in [-0.05, 0) is 17.7 Å². The van der Waals surface area contributed by atoms with Crippen molar-refractivity contribution >= 4 is 17.5 Å². The zero-order chi connectivity index (χ0) is 24.9. The van der Waals surface area contributed by atoms with Crippen LogP contribution in [0.2, 0.25) is 0 Å². The number of hydrogen-bond donors (Lipinski definition) is 0. The zero-order valence-corrected chi connectivity index (χ0v) is 19.9. The van der Waals surface area contributed by atoms with Crippen molar-refractivity contribution in [1.29, 1.82) is 0 Å². The Morgan fingerprint density at radius 3 is 2.53 bits per heavy atom. The van der Waals surface area contributed by atoms with Crippen LogP contribution in [0.5, 0.6) is 0 Å². The highest BCUT2D eigenvalue weighted by atomic mass is 16.6. The third-order valence-corrected chi connectivity index (χ3v) is 6.75. The molecule has 2 atom stereocenters. The maximum absolute atomic E-state index is 12.9. The van der Waals surface area contributed by atoms with Crippen molar-refractivity contribution in [3.8, 4) is 0 Å². The highest BCUT2D eigenvalue weighted by molar-refractivity contribution is 5.89. The van der Waals surface area contributed by atoms with Gasteiger partial charge in [-0.1, -0.05) is 30.3 Å². The maximum Gasteiger partial charge on any atom is 0.338 e. The van der Waals surface area contributed by atoms with Gasteiger partial charge in [-0.15, -0.1) is 0 Å². The molecular weight excluding hydrogens is 462 g/mol. The fraction of sp³-hybridized carbons (Fsp3) is 0.385. The lowest BCUT2D eigenvalue weighted by molar-refractivity contribution is -0.384. The molecule has 2 aliphatic heterocycles. The van der Waals surface area contributed by atoms with Gasteiger partial charge in [0.15, 0.2) is 5.82 Å². The van der Waals surface area contributed by atoms with E-state index in [4.69, 9.17) is 14.6 Å². The number of nitrogens with zero attached hydrogens (tertiary/aromatic N) is 5. The summed E-state index contributed by atoms with van der Waals surface area (Å²) in [5, 5.41) is 15.7. The summed E-state index contributed by atoms with van der Waals surface area (Å²) in [4.78, 5) is 27.9. The van der Waals surface area contributed by atoms with Gasteiger partial charge in [0.05, 0.1) is 36.3 Å². The molecule has 2 aliphatic rings. The number of morpholine rings is 1. The van der Waals surface area contributed by atoms with E-state index in [0.717, 1.165) is 18.9 Å². The Hall–Kier alpha value is -3.76. The smallest absolute Gasteiger partial charge is 0.338 e. The van der Waals surface area contributed by atoms with E-state index in [1.165, 1.54) is 29.8 Å². The molecule has 2 fully saturated rings. The first-order valence-corrected chi connectivity index (χ1v) is 12.2. The van der Waals surface area contributed by atoms with Crippen LogP contribution in [0.3, 0.4) is 0 Å². The number of carbonyl (C=O) groups is 1. The molecule has 188 valence electrons. The van der Waals surface area contributed by atoms with Crippen LogP contribution in [0.15, 0.2) is 66.9 Å². The summed E-state index contributed by atoms with van der Waals surface area (Å²) in [7, 11) is 0. The number of rotatable bonds is 7. The summed E-state index contributed by atoms with van der Waals surface area (Å²) in [5.41, 5.74) is 1.44. The predicted octanol–water partition coefficient (Wildman–Crippen LogP) is 2.98. The van der Waals surface area contributed by atoms with Gasteiger partial charge in [-0.25, -0.2) is 4.79 Å². The SMILES string of the molecule is O=C(O[C@H]1CCN(c2ccn(Cc3ccccc3)n2)CC1N1CCOCC1)c1ccc([N+](=O)[O-])cc1. The van der Waals surface area contributed by atoms with Crippen molar-refractivity contribution in [2.45, 2.75) is 25.1 Å². The number of benzene rings is 2. The van der Waals surface area contributed by atoms with Crippen LogP contribution in [-0.4, -0.2) is 77.1 Å². The summed E-state index contributed by atoms with van der Waals surface area (Å²) >= 11 is 0. The van der Waals surface area contributed by atoms with Gasteiger partial charge in [-0.3, -0.25) is 19.7 Å². The maximum atomic E-state index is 12.9. The minimum Gasteiger partial charge on any atom is -0.457 e. The Balaban J connectivity index is 1.28. The molecule has 0 radical (unpaired) electrons. The lowest BCUT2D eigenvalue weighted by atomic mass is 9.99. The molecule has 0 N–H and O–H groups in total. The second-order valence-electron chi connectivity index (χ2n) is 9.06. The standard InChI is InChI=1S/C26H29N5O5/c32-26(21-6-8-22(9-7-21)31(33)34)36-24-10-12-29(19-23(24)28-14-16-35-17-15-28)25-11-13-30(27-25)18-20-4-2-1-3-5-20/h1-9,11,13,23-24H,10,12,14-19H2/t23?,24-/m0/s1. The highest BCUT2D eigenvalue weighted by Gasteiger charge is 2.37. The largest absolute Gasteiger partial charge is 0.457 e. The molecule has 5 rings (SSSR count). The van der Waals surface area contributed by atoms with E-state index in [1.807, 2.05) is 35.1 Å². The molecule has 0 saturated carbocycles. The number of ether oxygens (including phenoxy) is 2. The van der Waals surface area contributed by atoms with E-state index in [2.05, 4.69) is 21.9 Å². The van der Waals surface area contributed by atoms with E-state index in [1.54, 1.807) is 0 Å². The Morgan fingerprint density at radius 2 is 1.81 bits per heavy atom. The quantitative estimate of drug-likeness (QED) is 0.282. The zero-order valence-electron chi connectivity index (χ0n) is 19.9. The molecule has 3 aromatic rings. The van der Waals surface area contributed by atoms with Crippen LogP contribution >= 0.6 is 0 Å². The van der Waals surface area contributed by atoms with Crippen molar-refractivity contribution in [2.75, 3.05) is 44.3 Å². The molecule has 36 heavy (non-hydrogen) atoms. The van der Waals surface area contributed by atoms with E-state index in [9.17, 15) is 14.9 Å². The van der Waals surface area contributed by atoms with Gasteiger partial charge in [0, 0.05) is 57.0 Å². The minimum absolute atomic E-state index is 0.0103. The summed E-state index contributed by atoms with van der Waals surface area (Å²) in [6.07, 6.45) is 2.35. The number of carbonyl (C=O) groups excluding carboxylic acids is 1. The Morgan fingerprint density at radius 1 is 1.06 bits per heavy atom. The molecule has 0 bridgehead atoms. The van der Waals surface area contributed by atoms with Crippen LogP contribution in [0, 0.1) is 10.1 Å². The minimum atomic E-state index is -0.486. The van der Waals surface area contributed by atoms with Crippen molar-refractivity contribution < 1.29 is 19.2 Å². The van der Waals surface area contributed by atoms with Crippen molar-refractivity contribution in [3.05, 3.63) is 88.1 Å². The summed E-state index contributed by atoms with van der Waals surface area (Å²) in [6.45, 7) is 4.93. The average molecular weight is 492 g/mol. The van der Waals surface area contributed by atoms with Crippen LogP contribution in [0.4, 0.5) is 11.5 Å². The number of anilines is 1. The first-order valence-electron chi connectivity index (χ1n) is 12.2. The molecule has 0 amide bonds. The normalized spacial score (nSPS) is 20.7. The fourth-order valence-corrected chi connectivity index (χ4v) is 4.82. The molecule has 2 saturated heterocycles. The number of aromatic nitrogens is 2. The second-order valence-corrected chi connectivity index (χ2v) is 9.06. The van der Waals surface area contributed by atoms with Gasteiger partial charge < -0.3 is 14.4 Å². The van der Waals surface area contributed by atoms with Gasteiger partial charge in [0.1, 0.15) is 6.10 Å². The summed E-state index contributed by atoms with van der Waals surface area (Å²) < 4.78 is 13.5. The van der Waals surface area contributed by atoms with Crippen LogP contribution in [-0.2, 0) is 16.0 Å². The Labute approximate surface area is 209 Å². The van der Waals surface area contributed by atoms with E-state index in [0.29, 0.717) is 44.8 Å². The van der Waals surface area contributed by atoms with Crippen LogP contribution in [0.25, 0.3) is 0 Å². The molecule has 2 aromatic carbocycles. The van der Waals surface area contributed by atoms with E-state index in [-0.39, 0.29) is 17.8 Å². The number of hydrogen-bond acceptors (Lipinski definition) is 8. The lowest BCUT2D eigenvalue weighted by Gasteiger charge is -2.44. The number of piperidine rings is 1. The Kier molecular flexibility index (Phi) is 7.24. The highest BCUT2D eigenvalue weighted by Crippen LogP contribution is 2.26. The topological polar surface area (TPSA) is 103 Å². The molecule has 10 heteroatoms. The van der Waals surface area contributed by atoms with Crippen molar-refractivity contribution in [3.63, 3.8) is 0 Å². The molecule has 0 spiro atoms. The molecule has 3 heterocycles. The van der Waals surface area contributed by atoms with E-state index < -0.39 is 10.9 Å². The summed E-state index contributed by atoms with van der Waals surface area (Å²) in [5.74, 6) is 0.443. The van der Waals surface area contributed by atoms with Crippen LogP contribution in [0.1, 0.15) is 22.3 Å². The number of nitro groups is 1. The third kappa shape index (κ3) is 5.55.